The van der Waals surface area contributed by atoms with E-state index in [-0.39, 0.29) is 13.6 Å². The van der Waals surface area contributed by atoms with E-state index >= 15 is 0 Å². The Kier molecular flexibility index (Phi) is 3.92. The van der Waals surface area contributed by atoms with E-state index in [1.165, 1.54) is 0 Å². The summed E-state index contributed by atoms with van der Waals surface area (Å²) in [6, 6.07) is 11.7. The van der Waals surface area contributed by atoms with Gasteiger partial charge in [-0.2, -0.15) is 0 Å². The van der Waals surface area contributed by atoms with Gasteiger partial charge >= 0.3 is 0 Å². The molecule has 0 saturated heterocycles. The number of fused-ring (bicyclic) bond motifs is 2. The first-order valence-electron chi connectivity index (χ1n) is 7.88. The zero-order valence-corrected chi connectivity index (χ0v) is 13.4. The minimum Gasteiger partial charge on any atom is -0.454 e. The molecule has 0 radical (unpaired) electrons. The molecule has 2 aliphatic heterocycles. The lowest BCUT2D eigenvalue weighted by Gasteiger charge is -2.25. The van der Waals surface area contributed by atoms with Gasteiger partial charge in [0, 0.05) is 13.1 Å². The molecule has 2 aromatic rings. The van der Waals surface area contributed by atoms with E-state index < -0.39 is 6.23 Å². The average molecular weight is 329 g/mol. The molecule has 2 aromatic carbocycles. The molecule has 2 heterocycles. The van der Waals surface area contributed by atoms with Crippen LogP contribution in [0, 0.1) is 0 Å². The summed E-state index contributed by atoms with van der Waals surface area (Å²) in [5, 5.41) is 10.1. The van der Waals surface area contributed by atoms with Gasteiger partial charge in [0.15, 0.2) is 23.0 Å². The Morgan fingerprint density at radius 1 is 0.833 bits per heavy atom. The molecular weight excluding hydrogens is 310 g/mol. The highest BCUT2D eigenvalue weighted by Crippen LogP contribution is 2.34. The maximum absolute atomic E-state index is 10.1. The molecule has 0 aromatic heterocycles. The molecule has 0 bridgehead atoms. The number of benzene rings is 2. The standard InChI is InChI=1S/C18H19NO5/c1-12(20)19(8-13-2-4-15-17(6-13)23-10-21-15)9-14-3-5-16-18(7-14)24-11-22-16/h2-7,12,20H,8-11H2,1H3. The van der Waals surface area contributed by atoms with Crippen LogP contribution in [0.3, 0.4) is 0 Å². The van der Waals surface area contributed by atoms with E-state index in [9.17, 15) is 5.11 Å². The monoisotopic (exact) mass is 329 g/mol. The molecule has 6 heteroatoms. The summed E-state index contributed by atoms with van der Waals surface area (Å²) >= 11 is 0. The van der Waals surface area contributed by atoms with Gasteiger partial charge in [-0.25, -0.2) is 0 Å². The number of ether oxygens (including phenoxy) is 4. The van der Waals surface area contributed by atoms with E-state index in [4.69, 9.17) is 18.9 Å². The smallest absolute Gasteiger partial charge is 0.231 e. The Morgan fingerprint density at radius 2 is 1.29 bits per heavy atom. The SMILES string of the molecule is CC(O)N(Cc1ccc2c(c1)OCO2)Cc1ccc2c(c1)OCO2. The molecular formula is C18H19NO5. The van der Waals surface area contributed by atoms with Crippen LogP contribution in [0.4, 0.5) is 0 Å². The van der Waals surface area contributed by atoms with Crippen LogP contribution in [-0.2, 0) is 13.1 Å². The zero-order valence-electron chi connectivity index (χ0n) is 13.4. The lowest BCUT2D eigenvalue weighted by atomic mass is 10.1. The first kappa shape index (κ1) is 15.1. The topological polar surface area (TPSA) is 60.4 Å². The highest BCUT2D eigenvalue weighted by atomic mass is 16.7. The molecule has 1 N–H and O–H groups in total. The number of hydrogen-bond acceptors (Lipinski definition) is 6. The summed E-state index contributed by atoms with van der Waals surface area (Å²) in [6.07, 6.45) is -0.583. The van der Waals surface area contributed by atoms with Crippen LogP contribution in [0.25, 0.3) is 0 Å². The maximum Gasteiger partial charge on any atom is 0.231 e. The normalized spacial score (nSPS) is 15.8. The lowest BCUT2D eigenvalue weighted by Crippen LogP contribution is -2.31. The van der Waals surface area contributed by atoms with Crippen LogP contribution in [0.2, 0.25) is 0 Å². The van der Waals surface area contributed by atoms with Crippen molar-refractivity contribution in [2.24, 2.45) is 0 Å². The van der Waals surface area contributed by atoms with Crippen molar-refractivity contribution in [3.05, 3.63) is 47.5 Å². The molecule has 4 rings (SSSR count). The second-order valence-corrected chi connectivity index (χ2v) is 5.91. The van der Waals surface area contributed by atoms with Crippen molar-refractivity contribution in [3.8, 4) is 23.0 Å². The molecule has 1 atom stereocenters. The molecule has 0 saturated carbocycles. The number of aliphatic hydroxyl groups is 1. The third kappa shape index (κ3) is 2.98. The number of rotatable bonds is 5. The predicted molar refractivity (Wildman–Crippen MR) is 86.1 cm³/mol. The van der Waals surface area contributed by atoms with Crippen LogP contribution >= 0.6 is 0 Å². The Balaban J connectivity index is 1.50. The highest BCUT2D eigenvalue weighted by molar-refractivity contribution is 5.45. The lowest BCUT2D eigenvalue weighted by molar-refractivity contribution is 0.00640. The van der Waals surface area contributed by atoms with E-state index in [1.807, 2.05) is 41.3 Å². The van der Waals surface area contributed by atoms with Crippen LogP contribution in [0.5, 0.6) is 23.0 Å². The molecule has 0 amide bonds. The van der Waals surface area contributed by atoms with Crippen molar-refractivity contribution in [1.29, 1.82) is 0 Å². The molecule has 0 spiro atoms. The molecule has 126 valence electrons. The quantitative estimate of drug-likeness (QED) is 0.851. The fourth-order valence-electron chi connectivity index (χ4n) is 2.87. The first-order chi connectivity index (χ1) is 11.7. The Hall–Kier alpha value is -2.44. The Labute approximate surface area is 140 Å². The third-order valence-corrected chi connectivity index (χ3v) is 4.17. The summed E-state index contributed by atoms with van der Waals surface area (Å²) in [4.78, 5) is 1.97. The predicted octanol–water partition coefficient (Wildman–Crippen LogP) is 2.48. The number of hydrogen-bond donors (Lipinski definition) is 1. The second kappa shape index (κ2) is 6.22. The van der Waals surface area contributed by atoms with Gasteiger partial charge in [-0.3, -0.25) is 4.90 Å². The fourth-order valence-corrected chi connectivity index (χ4v) is 2.87. The van der Waals surface area contributed by atoms with Gasteiger partial charge in [0.25, 0.3) is 0 Å². The highest BCUT2D eigenvalue weighted by Gasteiger charge is 2.18. The van der Waals surface area contributed by atoms with Crippen molar-refractivity contribution in [3.63, 3.8) is 0 Å². The van der Waals surface area contributed by atoms with Crippen LogP contribution in [0.1, 0.15) is 18.1 Å². The van der Waals surface area contributed by atoms with Gasteiger partial charge in [-0.05, 0) is 42.3 Å². The van der Waals surface area contributed by atoms with E-state index in [0.717, 1.165) is 34.1 Å². The van der Waals surface area contributed by atoms with Crippen molar-refractivity contribution in [2.75, 3.05) is 13.6 Å². The minimum atomic E-state index is -0.583. The van der Waals surface area contributed by atoms with E-state index in [1.54, 1.807) is 6.92 Å². The summed E-state index contributed by atoms with van der Waals surface area (Å²) in [6.45, 7) is 3.48. The van der Waals surface area contributed by atoms with Crippen molar-refractivity contribution in [1.82, 2.24) is 4.90 Å². The maximum atomic E-state index is 10.1. The van der Waals surface area contributed by atoms with Crippen LogP contribution in [-0.4, -0.2) is 29.8 Å². The second-order valence-electron chi connectivity index (χ2n) is 5.91. The average Bonchev–Trinajstić information content (AvgIpc) is 3.22. The Bertz CT molecular complexity index is 687. The Morgan fingerprint density at radius 3 is 1.75 bits per heavy atom. The number of aliphatic hydroxyl groups excluding tert-OH is 1. The van der Waals surface area contributed by atoms with Crippen LogP contribution in [0.15, 0.2) is 36.4 Å². The van der Waals surface area contributed by atoms with Gasteiger partial charge in [-0.15, -0.1) is 0 Å². The fraction of sp³-hybridized carbons (Fsp3) is 0.333. The molecule has 0 fully saturated rings. The summed E-state index contributed by atoms with van der Waals surface area (Å²) < 4.78 is 21.5. The minimum absolute atomic E-state index is 0.260. The largest absolute Gasteiger partial charge is 0.454 e. The van der Waals surface area contributed by atoms with Gasteiger partial charge < -0.3 is 24.1 Å². The molecule has 24 heavy (non-hydrogen) atoms. The van der Waals surface area contributed by atoms with E-state index in [0.29, 0.717) is 13.1 Å². The van der Waals surface area contributed by atoms with Gasteiger partial charge in [0.05, 0.1) is 0 Å². The molecule has 1 unspecified atom stereocenters. The third-order valence-electron chi connectivity index (χ3n) is 4.17. The van der Waals surface area contributed by atoms with E-state index in [2.05, 4.69) is 0 Å². The van der Waals surface area contributed by atoms with Crippen LogP contribution < -0.4 is 18.9 Å². The van der Waals surface area contributed by atoms with Crippen molar-refractivity contribution >= 4 is 0 Å². The number of nitrogens with zero attached hydrogens (tertiary/aromatic N) is 1. The summed E-state index contributed by atoms with van der Waals surface area (Å²) in [5.41, 5.74) is 2.11. The summed E-state index contributed by atoms with van der Waals surface area (Å²) in [5.74, 6) is 3.03. The van der Waals surface area contributed by atoms with Gasteiger partial charge in [0.1, 0.15) is 6.23 Å². The molecule has 0 aliphatic carbocycles. The van der Waals surface area contributed by atoms with Gasteiger partial charge in [-0.1, -0.05) is 12.1 Å². The molecule has 2 aliphatic rings. The first-order valence-corrected chi connectivity index (χ1v) is 7.88. The molecule has 6 nitrogen and oxygen atoms in total. The van der Waals surface area contributed by atoms with Crippen molar-refractivity contribution < 1.29 is 24.1 Å². The van der Waals surface area contributed by atoms with Crippen molar-refractivity contribution in [2.45, 2.75) is 26.2 Å². The van der Waals surface area contributed by atoms with Gasteiger partial charge in [0.2, 0.25) is 13.6 Å². The zero-order chi connectivity index (χ0) is 16.5. The summed E-state index contributed by atoms with van der Waals surface area (Å²) in [7, 11) is 0.